The number of nitrogens with one attached hydrogen (secondary N) is 2. The van der Waals surface area contributed by atoms with Crippen LogP contribution in [0.3, 0.4) is 0 Å². The van der Waals surface area contributed by atoms with Crippen LogP contribution < -0.4 is 20.9 Å². The normalized spacial score (nSPS) is 13.1. The van der Waals surface area contributed by atoms with Gasteiger partial charge >= 0.3 is 7.82 Å². The van der Waals surface area contributed by atoms with Crippen molar-refractivity contribution in [1.29, 1.82) is 0 Å². The lowest BCUT2D eigenvalue weighted by atomic mass is 10.2. The van der Waals surface area contributed by atoms with Gasteiger partial charge in [-0.15, -0.1) is 10.2 Å². The third-order valence-corrected chi connectivity index (χ3v) is 5.76. The number of pyridine rings is 1. The summed E-state index contributed by atoms with van der Waals surface area (Å²) in [6.07, 6.45) is -1.21. The molecule has 2 unspecified atom stereocenters. The smallest absolute Gasteiger partial charge is 0.469 e. The first-order valence-electron chi connectivity index (χ1n) is 11.6. The average Bonchev–Trinajstić information content (AvgIpc) is 2.91. The number of nitrogens with two attached hydrogens (primary N) is 1. The summed E-state index contributed by atoms with van der Waals surface area (Å²) in [5.74, 6) is -1.07. The van der Waals surface area contributed by atoms with E-state index in [9.17, 15) is 19.0 Å². The maximum atomic E-state index is 12.4. The standard InChI is InChI=1S/C25H27N6O8P/c1-16(36-3)37-17(2)38-40(34,35)39-21-12-8-7-11-19(21)30-31-20-13-14-22(29-24(20)26)28-23(32)15-27-25(33)18-9-5-4-6-10-18/h4-14,17H,1,15H2,2-3H3,(H,27,33)(H,34,35)(H3,26,28,29,32). The maximum absolute atomic E-state index is 12.4. The molecule has 3 aromatic rings. The van der Waals surface area contributed by atoms with Crippen LogP contribution in [0.25, 0.3) is 0 Å². The molecular weight excluding hydrogens is 543 g/mol. The van der Waals surface area contributed by atoms with E-state index >= 15 is 0 Å². The van der Waals surface area contributed by atoms with Crippen molar-refractivity contribution in [2.24, 2.45) is 10.2 Å². The average molecular weight is 570 g/mol. The summed E-state index contributed by atoms with van der Waals surface area (Å²) in [7, 11) is -3.33. The summed E-state index contributed by atoms with van der Waals surface area (Å²) in [5.41, 5.74) is 6.61. The Hall–Kier alpha value is -4.78. The van der Waals surface area contributed by atoms with Gasteiger partial charge < -0.3 is 30.4 Å². The zero-order valence-corrected chi connectivity index (χ0v) is 22.4. The number of ether oxygens (including phenoxy) is 2. The van der Waals surface area contributed by atoms with Gasteiger partial charge in [0.1, 0.15) is 17.2 Å². The van der Waals surface area contributed by atoms with Crippen molar-refractivity contribution in [2.75, 3.05) is 24.7 Å². The predicted octanol–water partition coefficient (Wildman–Crippen LogP) is 4.42. The van der Waals surface area contributed by atoms with Gasteiger partial charge in [0.15, 0.2) is 11.6 Å². The zero-order chi connectivity index (χ0) is 29.1. The van der Waals surface area contributed by atoms with Gasteiger partial charge in [-0.2, -0.15) is 0 Å². The van der Waals surface area contributed by atoms with Crippen molar-refractivity contribution >= 4 is 42.6 Å². The van der Waals surface area contributed by atoms with Crippen molar-refractivity contribution < 1.29 is 37.6 Å². The second-order valence-corrected chi connectivity index (χ2v) is 9.12. The fraction of sp³-hybridized carbons (Fsp3) is 0.160. The van der Waals surface area contributed by atoms with Gasteiger partial charge in [-0.3, -0.25) is 14.5 Å². The number of benzene rings is 2. The van der Waals surface area contributed by atoms with E-state index in [1.54, 1.807) is 42.5 Å². The van der Waals surface area contributed by atoms with E-state index in [0.717, 1.165) is 0 Å². The first-order valence-corrected chi connectivity index (χ1v) is 13.1. The van der Waals surface area contributed by atoms with Crippen LogP contribution in [0.1, 0.15) is 17.3 Å². The number of anilines is 2. The zero-order valence-electron chi connectivity index (χ0n) is 21.5. The predicted molar refractivity (Wildman–Crippen MR) is 145 cm³/mol. The Morgan fingerprint density at radius 1 is 1.07 bits per heavy atom. The third-order valence-electron chi connectivity index (χ3n) is 4.77. The number of para-hydroxylation sites is 1. The third kappa shape index (κ3) is 9.20. The van der Waals surface area contributed by atoms with Crippen molar-refractivity contribution in [3.63, 3.8) is 0 Å². The largest absolute Gasteiger partial charge is 0.530 e. The highest BCUT2D eigenvalue weighted by Crippen LogP contribution is 2.48. The molecule has 2 amide bonds. The summed E-state index contributed by atoms with van der Waals surface area (Å²) in [6, 6.07) is 17.4. The number of carbonyl (C=O) groups is 2. The number of nitrogen functional groups attached to an aromatic ring is 1. The lowest BCUT2D eigenvalue weighted by molar-refractivity contribution is -0.115. The van der Waals surface area contributed by atoms with Crippen LogP contribution in [0.2, 0.25) is 0 Å². The van der Waals surface area contributed by atoms with Crippen molar-refractivity contribution in [2.45, 2.75) is 13.2 Å². The number of hydrogen-bond acceptors (Lipinski definition) is 11. The minimum Gasteiger partial charge on any atom is -0.469 e. The van der Waals surface area contributed by atoms with Gasteiger partial charge in [0.05, 0.1) is 13.7 Å². The molecule has 15 heteroatoms. The lowest BCUT2D eigenvalue weighted by Crippen LogP contribution is -2.33. The Bertz CT molecular complexity index is 1440. The summed E-state index contributed by atoms with van der Waals surface area (Å²) in [5, 5.41) is 13.1. The molecule has 0 saturated heterocycles. The van der Waals surface area contributed by atoms with Gasteiger partial charge in [0.25, 0.3) is 11.9 Å². The van der Waals surface area contributed by atoms with Crippen LogP contribution in [0, 0.1) is 0 Å². The molecule has 5 N–H and O–H groups in total. The van der Waals surface area contributed by atoms with Crippen LogP contribution in [0.4, 0.5) is 23.0 Å². The molecular formula is C25H27N6O8P. The van der Waals surface area contributed by atoms with Gasteiger partial charge in [-0.05, 0) is 49.9 Å². The minimum absolute atomic E-state index is 0.0613. The Balaban J connectivity index is 1.61. The number of phosphoric acid groups is 1. The van der Waals surface area contributed by atoms with Gasteiger partial charge in [-0.25, -0.2) is 14.1 Å². The monoisotopic (exact) mass is 570 g/mol. The fourth-order valence-electron chi connectivity index (χ4n) is 2.97. The second kappa shape index (κ2) is 13.8. The number of rotatable bonds is 13. The molecule has 14 nitrogen and oxygen atoms in total. The molecule has 0 spiro atoms. The van der Waals surface area contributed by atoms with Gasteiger partial charge in [-0.1, -0.05) is 30.3 Å². The summed E-state index contributed by atoms with van der Waals surface area (Å²) in [4.78, 5) is 38.5. The summed E-state index contributed by atoms with van der Waals surface area (Å²) < 4.78 is 32.2. The number of hydrogen-bond donors (Lipinski definition) is 4. The van der Waals surface area contributed by atoms with E-state index in [1.807, 2.05) is 0 Å². The Morgan fingerprint density at radius 3 is 2.45 bits per heavy atom. The molecule has 3 rings (SSSR count). The molecule has 2 atom stereocenters. The Morgan fingerprint density at radius 2 is 1.75 bits per heavy atom. The molecule has 2 aromatic carbocycles. The minimum atomic E-state index is -4.65. The lowest BCUT2D eigenvalue weighted by Gasteiger charge is -2.19. The number of nitrogens with zero attached hydrogens (tertiary/aromatic N) is 3. The number of azo groups is 1. The molecule has 0 saturated carbocycles. The van der Waals surface area contributed by atoms with E-state index in [-0.39, 0.29) is 41.2 Å². The van der Waals surface area contributed by atoms with E-state index in [1.165, 1.54) is 38.3 Å². The molecule has 0 fully saturated rings. The molecule has 40 heavy (non-hydrogen) atoms. The number of phosphoric ester groups is 1. The molecule has 0 aliphatic rings. The quantitative estimate of drug-likeness (QED) is 0.0988. The fourth-order valence-corrected chi connectivity index (χ4v) is 3.84. The molecule has 0 aliphatic carbocycles. The van der Waals surface area contributed by atoms with Crippen LogP contribution in [0.5, 0.6) is 5.75 Å². The summed E-state index contributed by atoms with van der Waals surface area (Å²) >= 11 is 0. The molecule has 210 valence electrons. The molecule has 0 radical (unpaired) electrons. The highest BCUT2D eigenvalue weighted by Gasteiger charge is 2.28. The molecule has 1 heterocycles. The van der Waals surface area contributed by atoms with Crippen molar-refractivity contribution in [3.8, 4) is 5.75 Å². The number of carbonyl (C=O) groups excluding carboxylic acids is 2. The van der Waals surface area contributed by atoms with Crippen LogP contribution in [-0.4, -0.2) is 41.6 Å². The van der Waals surface area contributed by atoms with Gasteiger partial charge in [0.2, 0.25) is 12.2 Å². The van der Waals surface area contributed by atoms with E-state index in [0.29, 0.717) is 5.56 Å². The van der Waals surface area contributed by atoms with E-state index in [2.05, 4.69) is 32.4 Å². The Kier molecular flexibility index (Phi) is 10.3. The number of methoxy groups -OCH3 is 1. The van der Waals surface area contributed by atoms with E-state index < -0.39 is 25.9 Å². The maximum Gasteiger partial charge on any atom is 0.530 e. The molecule has 0 aliphatic heterocycles. The SMILES string of the molecule is C=C(OC)OC(C)OP(=O)(O)Oc1ccccc1N=Nc1ccc(NC(=O)CNC(=O)c2ccccc2)nc1N. The highest BCUT2D eigenvalue weighted by molar-refractivity contribution is 7.47. The Labute approximate surface area is 229 Å². The molecule has 0 bridgehead atoms. The van der Waals surface area contributed by atoms with Gasteiger partial charge in [0, 0.05) is 5.56 Å². The van der Waals surface area contributed by atoms with Crippen LogP contribution in [0.15, 0.2) is 89.5 Å². The van der Waals surface area contributed by atoms with Crippen LogP contribution in [-0.2, 0) is 23.4 Å². The number of amides is 2. The first kappa shape index (κ1) is 29.8. The number of aromatic nitrogens is 1. The highest BCUT2D eigenvalue weighted by atomic mass is 31.2. The molecule has 1 aromatic heterocycles. The van der Waals surface area contributed by atoms with Crippen molar-refractivity contribution in [1.82, 2.24) is 10.3 Å². The van der Waals surface area contributed by atoms with Crippen LogP contribution >= 0.6 is 7.82 Å². The van der Waals surface area contributed by atoms with E-state index in [4.69, 9.17) is 24.3 Å². The topological polar surface area (TPSA) is 196 Å². The van der Waals surface area contributed by atoms with Crippen molar-refractivity contribution in [3.05, 3.63) is 84.8 Å². The first-order chi connectivity index (χ1) is 19.1. The second-order valence-electron chi connectivity index (χ2n) is 7.79. The summed E-state index contributed by atoms with van der Waals surface area (Å²) in [6.45, 7) is 4.50.